The monoisotopic (exact) mass is 370 g/mol. The summed E-state index contributed by atoms with van der Waals surface area (Å²) in [5.74, 6) is 0.767. The average molecular weight is 371 g/mol. The number of halogens is 1. The Morgan fingerprint density at radius 3 is 2.88 bits per heavy atom. The maximum absolute atomic E-state index is 12.8. The summed E-state index contributed by atoms with van der Waals surface area (Å²) < 4.78 is 5.61. The van der Waals surface area contributed by atoms with Crippen LogP contribution in [-0.2, 0) is 11.2 Å². The zero-order valence-corrected chi connectivity index (χ0v) is 14.9. The van der Waals surface area contributed by atoms with Crippen LogP contribution >= 0.6 is 22.9 Å². The lowest BCUT2D eigenvalue weighted by atomic mass is 10.2. The summed E-state index contributed by atoms with van der Waals surface area (Å²) >= 11 is 7.73. The van der Waals surface area contributed by atoms with E-state index in [9.17, 15) is 4.79 Å². The number of fused-ring (bicyclic) bond motifs is 1. The molecule has 126 valence electrons. The molecular formula is C19H15ClN2O2S. The first kappa shape index (κ1) is 16.1. The quantitative estimate of drug-likeness (QED) is 0.684. The van der Waals surface area contributed by atoms with Crippen molar-refractivity contribution in [2.24, 2.45) is 0 Å². The van der Waals surface area contributed by atoms with Crippen molar-refractivity contribution in [2.45, 2.75) is 6.42 Å². The van der Waals surface area contributed by atoms with Crippen molar-refractivity contribution >= 4 is 34.5 Å². The van der Waals surface area contributed by atoms with Gasteiger partial charge in [-0.3, -0.25) is 4.79 Å². The van der Waals surface area contributed by atoms with Crippen molar-refractivity contribution in [3.05, 3.63) is 64.6 Å². The number of hydrogen-bond donors (Lipinski definition) is 0. The molecule has 4 rings (SSSR count). The van der Waals surface area contributed by atoms with Gasteiger partial charge in [-0.1, -0.05) is 41.9 Å². The molecule has 0 saturated heterocycles. The molecule has 0 fully saturated rings. The number of amides is 1. The largest absolute Gasteiger partial charge is 0.490 e. The number of ether oxygens (including phenoxy) is 1. The minimum absolute atomic E-state index is 0.0201. The number of rotatable bonds is 3. The van der Waals surface area contributed by atoms with E-state index in [1.807, 2.05) is 53.9 Å². The van der Waals surface area contributed by atoms with Crippen LogP contribution in [0.5, 0.6) is 5.75 Å². The minimum atomic E-state index is 0.0201. The molecule has 0 aliphatic carbocycles. The molecule has 3 aromatic rings. The van der Waals surface area contributed by atoms with E-state index in [1.54, 1.807) is 4.90 Å². The molecule has 1 aliphatic rings. The van der Waals surface area contributed by atoms with Crippen LogP contribution in [0.4, 0.5) is 5.69 Å². The number of carbonyl (C=O) groups is 1. The zero-order valence-electron chi connectivity index (χ0n) is 13.3. The molecule has 1 aliphatic heterocycles. The van der Waals surface area contributed by atoms with Gasteiger partial charge in [0.05, 0.1) is 29.4 Å². The van der Waals surface area contributed by atoms with Gasteiger partial charge in [0.2, 0.25) is 5.91 Å². The summed E-state index contributed by atoms with van der Waals surface area (Å²) in [5.41, 5.74) is 2.47. The van der Waals surface area contributed by atoms with Gasteiger partial charge in [-0.15, -0.1) is 11.3 Å². The summed E-state index contributed by atoms with van der Waals surface area (Å²) in [6.45, 7) is 1.06. The third kappa shape index (κ3) is 3.25. The smallest absolute Gasteiger partial charge is 0.233 e. The van der Waals surface area contributed by atoms with Gasteiger partial charge in [0.15, 0.2) is 0 Å². The average Bonchev–Trinajstić information content (AvgIpc) is 3.09. The molecule has 0 saturated carbocycles. The number of nitrogens with zero attached hydrogens (tertiary/aromatic N) is 2. The van der Waals surface area contributed by atoms with Gasteiger partial charge in [-0.05, 0) is 18.2 Å². The highest BCUT2D eigenvalue weighted by atomic mass is 35.5. The minimum Gasteiger partial charge on any atom is -0.490 e. The Balaban J connectivity index is 1.54. The van der Waals surface area contributed by atoms with Gasteiger partial charge >= 0.3 is 0 Å². The van der Waals surface area contributed by atoms with E-state index in [0.717, 1.165) is 27.7 Å². The molecule has 0 bridgehead atoms. The Morgan fingerprint density at radius 1 is 1.20 bits per heavy atom. The SMILES string of the molecule is O=C(Cc1csc(-c2ccccc2Cl)n1)N1CCOc2ccccc21. The first-order valence-corrected chi connectivity index (χ1v) is 9.19. The van der Waals surface area contributed by atoms with Gasteiger partial charge in [-0.25, -0.2) is 4.98 Å². The molecule has 6 heteroatoms. The van der Waals surface area contributed by atoms with Gasteiger partial charge < -0.3 is 9.64 Å². The van der Waals surface area contributed by atoms with Crippen molar-refractivity contribution in [1.29, 1.82) is 0 Å². The number of para-hydroxylation sites is 2. The fraction of sp³-hybridized carbons (Fsp3) is 0.158. The number of thiazole rings is 1. The molecule has 2 aromatic carbocycles. The summed E-state index contributed by atoms with van der Waals surface area (Å²) in [5, 5.41) is 3.41. The third-order valence-electron chi connectivity index (χ3n) is 4.02. The fourth-order valence-corrected chi connectivity index (χ4v) is 3.97. The molecule has 0 spiro atoms. The summed E-state index contributed by atoms with van der Waals surface area (Å²) in [6, 6.07) is 15.2. The van der Waals surface area contributed by atoms with E-state index >= 15 is 0 Å². The second-order valence-electron chi connectivity index (χ2n) is 5.66. The first-order valence-electron chi connectivity index (χ1n) is 7.94. The van der Waals surface area contributed by atoms with Crippen molar-refractivity contribution in [3.63, 3.8) is 0 Å². The predicted octanol–water partition coefficient (Wildman–Crippen LogP) is 4.43. The van der Waals surface area contributed by atoms with E-state index in [2.05, 4.69) is 4.98 Å². The van der Waals surface area contributed by atoms with Crippen LogP contribution in [0.15, 0.2) is 53.9 Å². The molecule has 25 heavy (non-hydrogen) atoms. The van der Waals surface area contributed by atoms with Gasteiger partial charge in [-0.2, -0.15) is 0 Å². The Morgan fingerprint density at radius 2 is 2.00 bits per heavy atom. The van der Waals surface area contributed by atoms with Crippen LogP contribution in [0.3, 0.4) is 0 Å². The molecule has 0 N–H and O–H groups in total. The predicted molar refractivity (Wildman–Crippen MR) is 101 cm³/mol. The van der Waals surface area contributed by atoms with Gasteiger partial charge in [0.1, 0.15) is 17.4 Å². The molecule has 1 amide bonds. The zero-order chi connectivity index (χ0) is 17.2. The maximum Gasteiger partial charge on any atom is 0.233 e. The van der Waals surface area contributed by atoms with E-state index in [4.69, 9.17) is 16.3 Å². The molecule has 0 atom stereocenters. The third-order valence-corrected chi connectivity index (χ3v) is 5.27. The Bertz CT molecular complexity index is 925. The van der Waals surface area contributed by atoms with E-state index in [1.165, 1.54) is 11.3 Å². The molecule has 0 radical (unpaired) electrons. The second kappa shape index (κ2) is 6.86. The maximum atomic E-state index is 12.8. The molecular weight excluding hydrogens is 356 g/mol. The normalized spacial score (nSPS) is 13.2. The molecule has 0 unspecified atom stereocenters. The molecule has 4 nitrogen and oxygen atoms in total. The topological polar surface area (TPSA) is 42.4 Å². The van der Waals surface area contributed by atoms with Gasteiger partial charge in [0, 0.05) is 10.9 Å². The number of hydrogen-bond acceptors (Lipinski definition) is 4. The lowest BCUT2D eigenvalue weighted by Gasteiger charge is -2.29. The number of benzene rings is 2. The highest BCUT2D eigenvalue weighted by Crippen LogP contribution is 2.32. The summed E-state index contributed by atoms with van der Waals surface area (Å²) in [6.07, 6.45) is 0.259. The van der Waals surface area contributed by atoms with E-state index in [0.29, 0.717) is 18.2 Å². The number of carbonyl (C=O) groups excluding carboxylic acids is 1. The second-order valence-corrected chi connectivity index (χ2v) is 6.93. The van der Waals surface area contributed by atoms with Crippen LogP contribution in [0.25, 0.3) is 10.6 Å². The van der Waals surface area contributed by atoms with Crippen LogP contribution in [0.1, 0.15) is 5.69 Å². The highest BCUT2D eigenvalue weighted by Gasteiger charge is 2.24. The highest BCUT2D eigenvalue weighted by molar-refractivity contribution is 7.13. The van der Waals surface area contributed by atoms with E-state index < -0.39 is 0 Å². The van der Waals surface area contributed by atoms with Crippen LogP contribution < -0.4 is 9.64 Å². The molecule has 2 heterocycles. The fourth-order valence-electron chi connectivity index (χ4n) is 2.83. The first-order chi connectivity index (χ1) is 12.2. The summed E-state index contributed by atoms with van der Waals surface area (Å²) in [4.78, 5) is 19.1. The van der Waals surface area contributed by atoms with Crippen LogP contribution in [0, 0.1) is 0 Å². The molecule has 1 aromatic heterocycles. The Labute approximate surface area is 154 Å². The Hall–Kier alpha value is -2.37. The Kier molecular flexibility index (Phi) is 4.42. The standard InChI is InChI=1S/C19H15ClN2O2S/c20-15-6-2-1-5-14(15)19-21-13(12-25-19)11-18(23)22-9-10-24-17-8-4-3-7-16(17)22/h1-8,12H,9-11H2. The lowest BCUT2D eigenvalue weighted by Crippen LogP contribution is -2.38. The van der Waals surface area contributed by atoms with Crippen molar-refractivity contribution < 1.29 is 9.53 Å². The van der Waals surface area contributed by atoms with Gasteiger partial charge in [0.25, 0.3) is 0 Å². The van der Waals surface area contributed by atoms with Crippen molar-refractivity contribution in [1.82, 2.24) is 4.98 Å². The number of aromatic nitrogens is 1. The summed E-state index contributed by atoms with van der Waals surface area (Å²) in [7, 11) is 0. The van der Waals surface area contributed by atoms with Crippen molar-refractivity contribution in [2.75, 3.05) is 18.1 Å². The lowest BCUT2D eigenvalue weighted by molar-refractivity contribution is -0.118. The van der Waals surface area contributed by atoms with E-state index in [-0.39, 0.29) is 12.3 Å². The van der Waals surface area contributed by atoms with Crippen LogP contribution in [-0.4, -0.2) is 24.0 Å². The number of anilines is 1. The van der Waals surface area contributed by atoms with Crippen molar-refractivity contribution in [3.8, 4) is 16.3 Å². The van der Waals surface area contributed by atoms with Crippen LogP contribution in [0.2, 0.25) is 5.02 Å².